The molecule has 0 bridgehead atoms. The molecule has 2 aromatic carbocycles. The number of nitrogens with zero attached hydrogens (tertiary/aromatic N) is 1. The lowest BCUT2D eigenvalue weighted by Gasteiger charge is -2.31. The SMILES string of the molecule is CN(CCOc1cccc(CNC(=O)C2CC2c2cccc(Cl)c2)c1)C1CCOCC1. The number of carbonyl (C=O) groups excluding carboxylic acids is 1. The van der Waals surface area contributed by atoms with Gasteiger partial charge in [-0.1, -0.05) is 35.9 Å². The van der Waals surface area contributed by atoms with Crippen molar-refractivity contribution in [2.45, 2.75) is 37.8 Å². The number of amides is 1. The lowest BCUT2D eigenvalue weighted by Crippen LogP contribution is -2.38. The minimum absolute atomic E-state index is 0.0404. The van der Waals surface area contributed by atoms with Crippen molar-refractivity contribution in [3.05, 3.63) is 64.7 Å². The van der Waals surface area contributed by atoms with Crippen LogP contribution in [0.3, 0.4) is 0 Å². The van der Waals surface area contributed by atoms with Crippen molar-refractivity contribution < 1.29 is 14.3 Å². The van der Waals surface area contributed by atoms with Gasteiger partial charge in [-0.3, -0.25) is 9.69 Å². The van der Waals surface area contributed by atoms with Crippen LogP contribution in [0.25, 0.3) is 0 Å². The first-order chi connectivity index (χ1) is 15.1. The lowest BCUT2D eigenvalue weighted by molar-refractivity contribution is -0.122. The van der Waals surface area contributed by atoms with Crippen molar-refractivity contribution in [2.24, 2.45) is 5.92 Å². The van der Waals surface area contributed by atoms with Crippen molar-refractivity contribution in [1.82, 2.24) is 10.2 Å². The van der Waals surface area contributed by atoms with E-state index >= 15 is 0 Å². The van der Waals surface area contributed by atoms with E-state index < -0.39 is 0 Å². The molecule has 1 amide bonds. The number of nitrogens with one attached hydrogen (secondary N) is 1. The smallest absolute Gasteiger partial charge is 0.224 e. The quantitative estimate of drug-likeness (QED) is 0.630. The van der Waals surface area contributed by atoms with E-state index in [1.807, 2.05) is 48.5 Å². The predicted molar refractivity (Wildman–Crippen MR) is 123 cm³/mol. The number of hydrogen-bond acceptors (Lipinski definition) is 4. The molecule has 1 aliphatic carbocycles. The Kier molecular flexibility index (Phi) is 7.49. The molecule has 0 spiro atoms. The monoisotopic (exact) mass is 442 g/mol. The van der Waals surface area contributed by atoms with Crippen LogP contribution in [0.5, 0.6) is 5.75 Å². The lowest BCUT2D eigenvalue weighted by atomic mass is 10.1. The highest BCUT2D eigenvalue weighted by Gasteiger charge is 2.43. The summed E-state index contributed by atoms with van der Waals surface area (Å²) in [7, 11) is 2.15. The Morgan fingerprint density at radius 2 is 2.00 bits per heavy atom. The van der Waals surface area contributed by atoms with Crippen LogP contribution in [-0.2, 0) is 16.1 Å². The van der Waals surface area contributed by atoms with Crippen LogP contribution in [0, 0.1) is 5.92 Å². The van der Waals surface area contributed by atoms with Crippen molar-refractivity contribution >= 4 is 17.5 Å². The third-order valence-electron chi connectivity index (χ3n) is 6.30. The summed E-state index contributed by atoms with van der Waals surface area (Å²) in [6.45, 7) is 3.75. The van der Waals surface area contributed by atoms with Gasteiger partial charge in [0.15, 0.2) is 0 Å². The summed E-state index contributed by atoms with van der Waals surface area (Å²) in [5, 5.41) is 3.79. The zero-order chi connectivity index (χ0) is 21.6. The van der Waals surface area contributed by atoms with Crippen molar-refractivity contribution in [3.8, 4) is 5.75 Å². The molecule has 4 rings (SSSR count). The Labute approximate surface area is 189 Å². The zero-order valence-corrected chi connectivity index (χ0v) is 18.8. The number of halogens is 1. The van der Waals surface area contributed by atoms with Gasteiger partial charge in [-0.2, -0.15) is 0 Å². The van der Waals surface area contributed by atoms with Gasteiger partial charge in [-0.15, -0.1) is 0 Å². The van der Waals surface area contributed by atoms with Gasteiger partial charge in [0.2, 0.25) is 5.91 Å². The molecule has 1 saturated carbocycles. The average molecular weight is 443 g/mol. The summed E-state index contributed by atoms with van der Waals surface area (Å²) in [6, 6.07) is 16.4. The molecule has 0 radical (unpaired) electrons. The van der Waals surface area contributed by atoms with Gasteiger partial charge in [-0.05, 0) is 67.6 Å². The Hall–Kier alpha value is -2.08. The number of ether oxygens (including phenoxy) is 2. The molecule has 1 saturated heterocycles. The molecule has 1 N–H and O–H groups in total. The van der Waals surface area contributed by atoms with E-state index in [9.17, 15) is 4.79 Å². The molecule has 2 aliphatic rings. The largest absolute Gasteiger partial charge is 0.492 e. The highest BCUT2D eigenvalue weighted by molar-refractivity contribution is 6.30. The van der Waals surface area contributed by atoms with Gasteiger partial charge in [-0.25, -0.2) is 0 Å². The number of carbonyl (C=O) groups is 1. The van der Waals surface area contributed by atoms with Crippen LogP contribution >= 0.6 is 11.6 Å². The summed E-state index contributed by atoms with van der Waals surface area (Å²) >= 11 is 6.07. The minimum atomic E-state index is 0.0404. The summed E-state index contributed by atoms with van der Waals surface area (Å²) < 4.78 is 11.4. The van der Waals surface area contributed by atoms with Gasteiger partial charge in [0.25, 0.3) is 0 Å². The molecule has 2 atom stereocenters. The standard InChI is InChI=1S/C25H31ClN2O3/c1-28(21-8-11-30-12-9-21)10-13-31-22-7-2-4-18(14-22)17-27-25(29)24-16-23(24)19-5-3-6-20(26)15-19/h2-7,14-15,21,23-24H,8-13,16-17H2,1H3,(H,27,29). The van der Waals surface area contributed by atoms with E-state index in [0.29, 0.717) is 19.2 Å². The molecule has 1 aliphatic heterocycles. The second kappa shape index (κ2) is 10.5. The van der Waals surface area contributed by atoms with Crippen LogP contribution in [0.1, 0.15) is 36.3 Å². The van der Waals surface area contributed by atoms with Crippen molar-refractivity contribution in [2.75, 3.05) is 33.4 Å². The van der Waals surface area contributed by atoms with Gasteiger partial charge < -0.3 is 14.8 Å². The summed E-state index contributed by atoms with van der Waals surface area (Å²) in [5.41, 5.74) is 2.19. The fourth-order valence-electron chi connectivity index (χ4n) is 4.27. The highest BCUT2D eigenvalue weighted by Crippen LogP contribution is 2.47. The molecule has 2 aromatic rings. The Morgan fingerprint density at radius 1 is 1.19 bits per heavy atom. The first kappa shape index (κ1) is 22.1. The zero-order valence-electron chi connectivity index (χ0n) is 18.1. The third kappa shape index (κ3) is 6.22. The van der Waals surface area contributed by atoms with Gasteiger partial charge in [0.1, 0.15) is 12.4 Å². The number of rotatable bonds is 9. The number of likely N-dealkylation sites (N-methyl/N-ethyl adjacent to an activating group) is 1. The molecule has 1 heterocycles. The summed E-state index contributed by atoms with van der Waals surface area (Å²) in [4.78, 5) is 14.9. The topological polar surface area (TPSA) is 50.8 Å². The molecular formula is C25H31ClN2O3. The van der Waals surface area contributed by atoms with Crippen LogP contribution in [0.2, 0.25) is 5.02 Å². The van der Waals surface area contributed by atoms with Gasteiger partial charge in [0.05, 0.1) is 0 Å². The molecule has 0 aromatic heterocycles. The fraction of sp³-hybridized carbons (Fsp3) is 0.480. The predicted octanol–water partition coefficient (Wildman–Crippen LogP) is 4.25. The van der Waals surface area contributed by atoms with Crippen LogP contribution < -0.4 is 10.1 Å². The van der Waals surface area contributed by atoms with Crippen LogP contribution in [0.4, 0.5) is 0 Å². The minimum Gasteiger partial charge on any atom is -0.492 e. The van der Waals surface area contributed by atoms with Crippen molar-refractivity contribution in [3.63, 3.8) is 0 Å². The molecule has 5 nitrogen and oxygen atoms in total. The first-order valence-electron chi connectivity index (χ1n) is 11.1. The second-order valence-electron chi connectivity index (χ2n) is 8.54. The van der Waals surface area contributed by atoms with E-state index in [0.717, 1.165) is 60.9 Å². The average Bonchev–Trinajstić information content (AvgIpc) is 3.59. The maximum Gasteiger partial charge on any atom is 0.224 e. The second-order valence-corrected chi connectivity index (χ2v) is 8.98. The molecule has 2 fully saturated rings. The van der Waals surface area contributed by atoms with Gasteiger partial charge >= 0.3 is 0 Å². The highest BCUT2D eigenvalue weighted by atomic mass is 35.5. The van der Waals surface area contributed by atoms with E-state index in [-0.39, 0.29) is 17.7 Å². The van der Waals surface area contributed by atoms with E-state index in [1.54, 1.807) is 0 Å². The van der Waals surface area contributed by atoms with Crippen LogP contribution in [0.15, 0.2) is 48.5 Å². The Balaban J connectivity index is 1.20. The maximum absolute atomic E-state index is 12.5. The van der Waals surface area contributed by atoms with E-state index in [2.05, 4.69) is 17.3 Å². The summed E-state index contributed by atoms with van der Waals surface area (Å²) in [5.74, 6) is 1.27. The Bertz CT molecular complexity index is 885. The first-order valence-corrected chi connectivity index (χ1v) is 11.5. The van der Waals surface area contributed by atoms with Crippen LogP contribution in [-0.4, -0.2) is 50.3 Å². The number of benzene rings is 2. The third-order valence-corrected chi connectivity index (χ3v) is 6.53. The molecule has 6 heteroatoms. The van der Waals surface area contributed by atoms with Crippen molar-refractivity contribution in [1.29, 1.82) is 0 Å². The summed E-state index contributed by atoms with van der Waals surface area (Å²) in [6.07, 6.45) is 3.06. The number of hydrogen-bond donors (Lipinski definition) is 1. The maximum atomic E-state index is 12.5. The molecule has 31 heavy (non-hydrogen) atoms. The van der Waals surface area contributed by atoms with E-state index in [4.69, 9.17) is 21.1 Å². The molecule has 166 valence electrons. The molecular weight excluding hydrogens is 412 g/mol. The normalized spacial score (nSPS) is 21.1. The molecule has 2 unspecified atom stereocenters. The Morgan fingerprint density at radius 3 is 2.81 bits per heavy atom. The fourth-order valence-corrected chi connectivity index (χ4v) is 4.47. The van der Waals surface area contributed by atoms with Gasteiger partial charge in [0, 0.05) is 43.3 Å². The van der Waals surface area contributed by atoms with E-state index in [1.165, 1.54) is 0 Å².